The smallest absolute Gasteiger partial charge is 0.0107 e. The third-order valence-corrected chi connectivity index (χ3v) is 5.94. The highest BCUT2D eigenvalue weighted by Crippen LogP contribution is 2.79. The maximum atomic E-state index is 4.32. The summed E-state index contributed by atoms with van der Waals surface area (Å²) in [6, 6.07) is 0. The van der Waals surface area contributed by atoms with E-state index >= 15 is 0 Å². The molecule has 0 radical (unpaired) electrons. The lowest BCUT2D eigenvalue weighted by atomic mass is 9.70. The molecule has 84 valence electrons. The van der Waals surface area contributed by atoms with Crippen molar-refractivity contribution in [1.29, 1.82) is 0 Å². The number of hydrogen-bond donors (Lipinski definition) is 0. The maximum Gasteiger partial charge on any atom is -0.0107 e. The number of hydrogen-bond acceptors (Lipinski definition) is 0. The predicted octanol–water partition coefficient (Wildman–Crippen LogP) is 4.27. The molecule has 3 saturated carbocycles. The van der Waals surface area contributed by atoms with Crippen molar-refractivity contribution in [2.24, 2.45) is 35.0 Å². The molecule has 0 heterocycles. The molecule has 0 amide bonds. The van der Waals surface area contributed by atoms with Crippen LogP contribution < -0.4 is 0 Å². The molecule has 1 unspecified atom stereocenters. The molecule has 5 atom stereocenters. The number of fused-ring (bicyclic) bond motifs is 1. The summed E-state index contributed by atoms with van der Waals surface area (Å²) in [5.41, 5.74) is 2.34. The summed E-state index contributed by atoms with van der Waals surface area (Å²) in [6.07, 6.45) is 5.75. The predicted molar refractivity (Wildman–Crippen MR) is 64.5 cm³/mol. The Morgan fingerprint density at radius 3 is 2.73 bits per heavy atom. The fourth-order valence-corrected chi connectivity index (χ4v) is 5.14. The van der Waals surface area contributed by atoms with Crippen molar-refractivity contribution in [3.05, 3.63) is 12.2 Å². The molecule has 0 N–H and O–H groups in total. The lowest BCUT2D eigenvalue weighted by Gasteiger charge is -2.35. The van der Waals surface area contributed by atoms with Gasteiger partial charge in [-0.05, 0) is 60.7 Å². The Bertz CT molecular complexity index is 301. The fourth-order valence-electron chi connectivity index (χ4n) is 5.14. The second-order valence-electron chi connectivity index (χ2n) is 6.66. The minimum atomic E-state index is 0.740. The number of allylic oxidation sites excluding steroid dienone is 1. The summed E-state index contributed by atoms with van der Waals surface area (Å²) in [7, 11) is 0. The average Bonchev–Trinajstić information content (AvgIpc) is 2.75. The monoisotopic (exact) mass is 204 g/mol. The van der Waals surface area contributed by atoms with Crippen LogP contribution in [0, 0.1) is 35.0 Å². The van der Waals surface area contributed by atoms with Crippen molar-refractivity contribution >= 4 is 0 Å². The van der Waals surface area contributed by atoms with Gasteiger partial charge in [0.1, 0.15) is 0 Å². The van der Waals surface area contributed by atoms with Gasteiger partial charge in [-0.25, -0.2) is 0 Å². The van der Waals surface area contributed by atoms with Crippen molar-refractivity contribution in [2.75, 3.05) is 0 Å². The minimum absolute atomic E-state index is 0.740. The van der Waals surface area contributed by atoms with Gasteiger partial charge in [0.05, 0.1) is 0 Å². The van der Waals surface area contributed by atoms with E-state index in [1.807, 2.05) is 0 Å². The van der Waals surface area contributed by atoms with E-state index < -0.39 is 0 Å². The van der Waals surface area contributed by atoms with Crippen LogP contribution in [0.5, 0.6) is 0 Å². The highest BCUT2D eigenvalue weighted by Gasteiger charge is 2.73. The van der Waals surface area contributed by atoms with Crippen LogP contribution in [-0.4, -0.2) is 0 Å². The van der Waals surface area contributed by atoms with Gasteiger partial charge in [0.2, 0.25) is 0 Å². The van der Waals surface area contributed by atoms with Gasteiger partial charge in [-0.2, -0.15) is 0 Å². The summed E-state index contributed by atoms with van der Waals surface area (Å²) < 4.78 is 0. The summed E-state index contributed by atoms with van der Waals surface area (Å²) in [5, 5.41) is 0. The van der Waals surface area contributed by atoms with Crippen molar-refractivity contribution in [2.45, 2.75) is 46.5 Å². The minimum Gasteiger partial charge on any atom is -0.0995 e. The summed E-state index contributed by atoms with van der Waals surface area (Å²) in [4.78, 5) is 0. The second-order valence-corrected chi connectivity index (χ2v) is 6.66. The quantitative estimate of drug-likeness (QED) is 0.559. The van der Waals surface area contributed by atoms with Crippen LogP contribution in [-0.2, 0) is 0 Å². The van der Waals surface area contributed by atoms with Gasteiger partial charge in [0, 0.05) is 0 Å². The largest absolute Gasteiger partial charge is 0.0995 e. The Kier molecular flexibility index (Phi) is 1.92. The fraction of sp³-hybridized carbons (Fsp3) is 0.867. The average molecular weight is 204 g/mol. The van der Waals surface area contributed by atoms with E-state index in [-0.39, 0.29) is 0 Å². The first-order chi connectivity index (χ1) is 7.09. The van der Waals surface area contributed by atoms with Crippen LogP contribution >= 0.6 is 0 Å². The van der Waals surface area contributed by atoms with Crippen LogP contribution in [0.2, 0.25) is 0 Å². The van der Waals surface area contributed by atoms with E-state index in [2.05, 4.69) is 27.4 Å². The van der Waals surface area contributed by atoms with Crippen LogP contribution in [0.3, 0.4) is 0 Å². The molecule has 3 rings (SSSR count). The van der Waals surface area contributed by atoms with Gasteiger partial charge in [-0.1, -0.05) is 32.9 Å². The van der Waals surface area contributed by atoms with Gasteiger partial charge in [-0.3, -0.25) is 0 Å². The summed E-state index contributed by atoms with van der Waals surface area (Å²) in [5.74, 6) is 4.83. The molecule has 0 aliphatic heterocycles. The zero-order valence-corrected chi connectivity index (χ0v) is 10.4. The van der Waals surface area contributed by atoms with Crippen LogP contribution in [0.15, 0.2) is 12.2 Å². The van der Waals surface area contributed by atoms with Gasteiger partial charge >= 0.3 is 0 Å². The van der Waals surface area contributed by atoms with Crippen LogP contribution in [0.25, 0.3) is 0 Å². The highest BCUT2D eigenvalue weighted by molar-refractivity contribution is 5.33. The zero-order chi connectivity index (χ0) is 10.8. The SMILES string of the molecule is C=C1CC[C@]23C1[C@H]2[C@H](C(C)C)CC[C@@H]3C. The van der Waals surface area contributed by atoms with E-state index in [9.17, 15) is 0 Å². The Hall–Kier alpha value is -0.260. The van der Waals surface area contributed by atoms with E-state index in [1.54, 1.807) is 5.57 Å². The molecular weight excluding hydrogens is 180 g/mol. The first-order valence-electron chi connectivity index (χ1n) is 6.76. The molecular formula is C15H24. The summed E-state index contributed by atoms with van der Waals surface area (Å²) >= 11 is 0. The van der Waals surface area contributed by atoms with E-state index in [0.29, 0.717) is 0 Å². The maximum absolute atomic E-state index is 4.32. The first-order valence-corrected chi connectivity index (χ1v) is 6.76. The first kappa shape index (κ1) is 9.93. The van der Waals surface area contributed by atoms with Crippen molar-refractivity contribution in [3.63, 3.8) is 0 Å². The Balaban J connectivity index is 1.91. The van der Waals surface area contributed by atoms with Gasteiger partial charge < -0.3 is 0 Å². The summed E-state index contributed by atoms with van der Waals surface area (Å²) in [6.45, 7) is 11.7. The van der Waals surface area contributed by atoms with E-state index in [0.717, 1.165) is 35.0 Å². The molecule has 0 aromatic heterocycles. The normalized spacial score (nSPS) is 52.9. The van der Waals surface area contributed by atoms with Crippen molar-refractivity contribution < 1.29 is 0 Å². The highest BCUT2D eigenvalue weighted by atomic mass is 14.8. The molecule has 0 nitrogen and oxygen atoms in total. The molecule has 15 heavy (non-hydrogen) atoms. The van der Waals surface area contributed by atoms with Crippen molar-refractivity contribution in [3.8, 4) is 0 Å². The topological polar surface area (TPSA) is 0 Å². The molecule has 3 aliphatic rings. The third kappa shape index (κ3) is 1.04. The van der Waals surface area contributed by atoms with Crippen LogP contribution in [0.4, 0.5) is 0 Å². The Morgan fingerprint density at radius 1 is 1.33 bits per heavy atom. The molecule has 0 heteroatoms. The molecule has 0 saturated heterocycles. The van der Waals surface area contributed by atoms with Gasteiger partial charge in [0.15, 0.2) is 0 Å². The molecule has 3 aliphatic carbocycles. The van der Waals surface area contributed by atoms with Gasteiger partial charge in [0.25, 0.3) is 0 Å². The molecule has 0 bridgehead atoms. The van der Waals surface area contributed by atoms with Crippen LogP contribution in [0.1, 0.15) is 46.5 Å². The zero-order valence-electron chi connectivity index (χ0n) is 10.4. The molecule has 3 fully saturated rings. The standard InChI is InChI=1S/C15H24/c1-9(2)12-6-5-11(4)15-8-7-10(3)13(15)14(12)15/h9,11-14H,3,5-8H2,1-2,4H3/t11-,12-,13?,14+,15-/m0/s1. The Morgan fingerprint density at radius 2 is 2.07 bits per heavy atom. The molecule has 1 spiro atoms. The lowest BCUT2D eigenvalue weighted by Crippen LogP contribution is -2.27. The third-order valence-electron chi connectivity index (χ3n) is 5.94. The second kappa shape index (κ2) is 2.90. The van der Waals surface area contributed by atoms with Gasteiger partial charge in [-0.15, -0.1) is 0 Å². The van der Waals surface area contributed by atoms with E-state index in [4.69, 9.17) is 0 Å². The van der Waals surface area contributed by atoms with E-state index in [1.165, 1.54) is 25.7 Å². The molecule has 0 aromatic rings. The lowest BCUT2D eigenvalue weighted by molar-refractivity contribution is 0.142. The Labute approximate surface area is 94.1 Å². The number of rotatable bonds is 1. The van der Waals surface area contributed by atoms with Crippen molar-refractivity contribution in [1.82, 2.24) is 0 Å². The molecule has 0 aromatic carbocycles.